The number of hydrogen-bond acceptors (Lipinski definition) is 6. The Morgan fingerprint density at radius 3 is 2.86 bits per heavy atom. The average Bonchev–Trinajstić information content (AvgIpc) is 2.51. The molecule has 2 aromatic heterocycles. The van der Waals surface area contributed by atoms with Crippen molar-refractivity contribution in [3.05, 3.63) is 18.2 Å². The van der Waals surface area contributed by atoms with Crippen LogP contribution in [0.25, 0.3) is 0 Å². The average molecular weight is 208 g/mol. The molecule has 72 valence electrons. The number of rotatable bonds is 2. The van der Waals surface area contributed by atoms with Crippen LogP contribution >= 0.6 is 11.8 Å². The van der Waals surface area contributed by atoms with Gasteiger partial charge in [-0.3, -0.25) is 10.1 Å². The van der Waals surface area contributed by atoms with E-state index in [0.29, 0.717) is 16.0 Å². The van der Waals surface area contributed by atoms with Gasteiger partial charge < -0.3 is 5.73 Å². The van der Waals surface area contributed by atoms with Crippen LogP contribution in [0, 0.1) is 6.92 Å². The Labute approximate surface area is 84.4 Å². The second kappa shape index (κ2) is 3.62. The number of aromatic amines is 1. The molecule has 0 aliphatic carbocycles. The van der Waals surface area contributed by atoms with E-state index >= 15 is 0 Å². The quantitative estimate of drug-likeness (QED) is 0.752. The molecule has 0 amide bonds. The van der Waals surface area contributed by atoms with E-state index in [1.165, 1.54) is 18.0 Å². The Morgan fingerprint density at radius 2 is 2.21 bits per heavy atom. The number of anilines is 1. The molecular formula is C7H8N6S. The summed E-state index contributed by atoms with van der Waals surface area (Å²) in [6.45, 7) is 1.84. The second-order valence-electron chi connectivity index (χ2n) is 2.59. The van der Waals surface area contributed by atoms with E-state index in [4.69, 9.17) is 5.73 Å². The Bertz CT molecular complexity index is 439. The Hall–Kier alpha value is -1.63. The largest absolute Gasteiger partial charge is 0.382 e. The lowest BCUT2D eigenvalue weighted by molar-refractivity contribution is 0.961. The fourth-order valence-corrected chi connectivity index (χ4v) is 1.60. The van der Waals surface area contributed by atoms with Crippen LogP contribution in [0.15, 0.2) is 22.6 Å². The number of nitrogens with zero attached hydrogens (tertiary/aromatic N) is 4. The summed E-state index contributed by atoms with van der Waals surface area (Å²) in [6.07, 6.45) is 3.11. The molecule has 7 heteroatoms. The van der Waals surface area contributed by atoms with Crippen LogP contribution in [0.1, 0.15) is 5.82 Å². The highest BCUT2D eigenvalue weighted by Gasteiger charge is 2.04. The zero-order valence-electron chi connectivity index (χ0n) is 7.43. The fraction of sp³-hybridized carbons (Fsp3) is 0.143. The fourth-order valence-electron chi connectivity index (χ4n) is 0.873. The van der Waals surface area contributed by atoms with E-state index in [9.17, 15) is 0 Å². The molecule has 0 aliphatic heterocycles. The lowest BCUT2D eigenvalue weighted by Crippen LogP contribution is -1.92. The molecule has 0 bridgehead atoms. The number of hydrogen-bond donors (Lipinski definition) is 2. The number of nitrogens with one attached hydrogen (secondary N) is 1. The van der Waals surface area contributed by atoms with Gasteiger partial charge in [0, 0.05) is 0 Å². The third-order valence-corrected chi connectivity index (χ3v) is 2.17. The summed E-state index contributed by atoms with van der Waals surface area (Å²) < 4.78 is 0. The predicted molar refractivity (Wildman–Crippen MR) is 51.7 cm³/mol. The summed E-state index contributed by atoms with van der Waals surface area (Å²) >= 11 is 1.32. The third kappa shape index (κ3) is 1.99. The predicted octanol–water partition coefficient (Wildman–Crippen LogP) is 0.637. The summed E-state index contributed by atoms with van der Waals surface area (Å²) in [7, 11) is 0. The molecule has 0 spiro atoms. The number of aromatic nitrogens is 5. The molecule has 2 rings (SSSR count). The summed E-state index contributed by atoms with van der Waals surface area (Å²) in [4.78, 5) is 12.1. The van der Waals surface area contributed by atoms with Gasteiger partial charge in [-0.05, 0) is 18.7 Å². The minimum atomic E-state index is 0.391. The first-order chi connectivity index (χ1) is 6.74. The van der Waals surface area contributed by atoms with Crippen LogP contribution in [0.4, 0.5) is 5.82 Å². The van der Waals surface area contributed by atoms with Crippen LogP contribution < -0.4 is 5.73 Å². The second-order valence-corrected chi connectivity index (χ2v) is 3.58. The van der Waals surface area contributed by atoms with E-state index in [2.05, 4.69) is 25.1 Å². The number of H-pyrrole nitrogens is 1. The lowest BCUT2D eigenvalue weighted by atomic mass is 10.7. The van der Waals surface area contributed by atoms with Gasteiger partial charge in [-0.1, -0.05) is 0 Å². The van der Waals surface area contributed by atoms with Crippen LogP contribution in [0.2, 0.25) is 0 Å². The normalized spacial score (nSPS) is 10.4. The number of nitrogens with two attached hydrogens (primary N) is 1. The van der Waals surface area contributed by atoms with E-state index in [0.717, 1.165) is 5.82 Å². The number of nitrogen functional groups attached to an aromatic ring is 1. The maximum Gasteiger partial charge on any atom is 0.214 e. The minimum absolute atomic E-state index is 0.391. The van der Waals surface area contributed by atoms with Crippen LogP contribution in [-0.4, -0.2) is 25.1 Å². The molecule has 6 nitrogen and oxygen atoms in total. The first-order valence-electron chi connectivity index (χ1n) is 3.88. The first kappa shape index (κ1) is 8.95. The van der Waals surface area contributed by atoms with Crippen LogP contribution in [0.3, 0.4) is 0 Å². The van der Waals surface area contributed by atoms with Gasteiger partial charge in [-0.15, -0.1) is 5.10 Å². The van der Waals surface area contributed by atoms with Gasteiger partial charge in [-0.25, -0.2) is 9.97 Å². The first-order valence-corrected chi connectivity index (χ1v) is 4.70. The van der Waals surface area contributed by atoms with Crippen LogP contribution in [0.5, 0.6) is 0 Å². The number of aryl methyl sites for hydroxylation is 1. The molecule has 0 unspecified atom stereocenters. The molecule has 3 N–H and O–H groups in total. The minimum Gasteiger partial charge on any atom is -0.382 e. The highest BCUT2D eigenvalue weighted by molar-refractivity contribution is 7.99. The molecular weight excluding hydrogens is 200 g/mol. The molecule has 0 aliphatic rings. The van der Waals surface area contributed by atoms with Crippen molar-refractivity contribution in [1.29, 1.82) is 0 Å². The van der Waals surface area contributed by atoms with Crippen molar-refractivity contribution in [2.75, 3.05) is 5.73 Å². The van der Waals surface area contributed by atoms with Gasteiger partial charge in [0.1, 0.15) is 16.7 Å². The Balaban J connectivity index is 2.18. The summed E-state index contributed by atoms with van der Waals surface area (Å²) in [5.41, 5.74) is 5.48. The lowest BCUT2D eigenvalue weighted by Gasteiger charge is -1.95. The zero-order chi connectivity index (χ0) is 9.97. The topological polar surface area (TPSA) is 93.4 Å². The van der Waals surface area contributed by atoms with Gasteiger partial charge in [0.25, 0.3) is 0 Å². The monoisotopic (exact) mass is 208 g/mol. The molecule has 0 radical (unpaired) electrons. The van der Waals surface area contributed by atoms with E-state index in [1.54, 1.807) is 6.20 Å². The van der Waals surface area contributed by atoms with Crippen molar-refractivity contribution in [3.8, 4) is 0 Å². The van der Waals surface area contributed by atoms with E-state index in [-0.39, 0.29) is 0 Å². The Morgan fingerprint density at radius 1 is 1.36 bits per heavy atom. The van der Waals surface area contributed by atoms with Crippen LogP contribution in [-0.2, 0) is 0 Å². The van der Waals surface area contributed by atoms with Gasteiger partial charge in [0.05, 0.1) is 12.4 Å². The summed E-state index contributed by atoms with van der Waals surface area (Å²) in [5, 5.41) is 8.00. The Kier molecular flexibility index (Phi) is 2.32. The van der Waals surface area contributed by atoms with E-state index < -0.39 is 0 Å². The summed E-state index contributed by atoms with van der Waals surface area (Å²) in [6, 6.07) is 0. The highest BCUT2D eigenvalue weighted by Crippen LogP contribution is 2.21. The molecule has 0 saturated heterocycles. The van der Waals surface area contributed by atoms with E-state index in [1.807, 2.05) is 6.92 Å². The van der Waals surface area contributed by atoms with Crippen molar-refractivity contribution < 1.29 is 0 Å². The molecule has 2 heterocycles. The summed E-state index contributed by atoms with van der Waals surface area (Å²) in [5.74, 6) is 1.16. The van der Waals surface area contributed by atoms with Gasteiger partial charge in [-0.2, -0.15) is 0 Å². The zero-order valence-corrected chi connectivity index (χ0v) is 8.25. The van der Waals surface area contributed by atoms with Crippen molar-refractivity contribution >= 4 is 17.6 Å². The maximum atomic E-state index is 5.48. The smallest absolute Gasteiger partial charge is 0.214 e. The molecule has 0 atom stereocenters. The molecule has 14 heavy (non-hydrogen) atoms. The highest BCUT2D eigenvalue weighted by atomic mass is 32.2. The third-order valence-electron chi connectivity index (χ3n) is 1.40. The molecule has 0 fully saturated rings. The van der Waals surface area contributed by atoms with Gasteiger partial charge >= 0.3 is 0 Å². The van der Waals surface area contributed by atoms with Crippen molar-refractivity contribution in [2.45, 2.75) is 17.1 Å². The van der Waals surface area contributed by atoms with Gasteiger partial charge in [0.15, 0.2) is 0 Å². The SMILES string of the molecule is Cc1nc(Sc2cncc(N)n2)n[nH]1. The van der Waals surface area contributed by atoms with Crippen molar-refractivity contribution in [3.63, 3.8) is 0 Å². The van der Waals surface area contributed by atoms with Crippen molar-refractivity contribution in [1.82, 2.24) is 25.1 Å². The van der Waals surface area contributed by atoms with Crippen molar-refractivity contribution in [2.24, 2.45) is 0 Å². The standard InChI is InChI=1S/C7H8N6S/c1-4-10-7(13-12-4)14-6-3-9-2-5(8)11-6/h2-3H,1H3,(H2,8,11)(H,10,12,13). The maximum absolute atomic E-state index is 5.48. The molecule has 0 saturated carbocycles. The molecule has 0 aromatic carbocycles. The molecule has 2 aromatic rings. The van der Waals surface area contributed by atoms with Gasteiger partial charge in [0.2, 0.25) is 5.16 Å².